The van der Waals surface area contributed by atoms with Crippen molar-refractivity contribution < 1.29 is 19.1 Å². The fraction of sp³-hybridized carbons (Fsp3) is 0.217. The van der Waals surface area contributed by atoms with Gasteiger partial charge in [-0.3, -0.25) is 14.5 Å². The largest absolute Gasteiger partial charge is 0.497 e. The molecule has 6 nitrogen and oxygen atoms in total. The SMILES string of the molecule is COc1ccc(OC[C@H](C)NC(=O)CN2C(=O)c3cccc4cccc2c34)cc1. The third-order valence-electron chi connectivity index (χ3n) is 4.92. The first-order chi connectivity index (χ1) is 14.1. The summed E-state index contributed by atoms with van der Waals surface area (Å²) >= 11 is 0. The van der Waals surface area contributed by atoms with E-state index in [1.807, 2.05) is 61.5 Å². The first-order valence-electron chi connectivity index (χ1n) is 9.46. The highest BCUT2D eigenvalue weighted by atomic mass is 16.5. The summed E-state index contributed by atoms with van der Waals surface area (Å²) in [5.74, 6) is 1.08. The summed E-state index contributed by atoms with van der Waals surface area (Å²) in [6.45, 7) is 2.16. The van der Waals surface area contributed by atoms with Gasteiger partial charge >= 0.3 is 0 Å². The number of anilines is 1. The van der Waals surface area contributed by atoms with Crippen LogP contribution in [0.15, 0.2) is 60.7 Å². The number of benzene rings is 3. The standard InChI is InChI=1S/C23H22N2O4/c1-15(14-29-18-11-9-17(28-2)10-12-18)24-21(26)13-25-20-8-4-6-16-5-3-7-19(22(16)20)23(25)27/h3-12,15H,13-14H2,1-2H3,(H,24,26)/t15-/m0/s1. The normalized spacial score (nSPS) is 13.4. The van der Waals surface area contributed by atoms with Gasteiger partial charge in [0.15, 0.2) is 0 Å². The van der Waals surface area contributed by atoms with Crippen LogP contribution in [0.3, 0.4) is 0 Å². The number of nitrogens with zero attached hydrogens (tertiary/aromatic N) is 1. The molecule has 1 atom stereocenters. The van der Waals surface area contributed by atoms with Crippen LogP contribution in [-0.2, 0) is 4.79 Å². The molecule has 0 aromatic heterocycles. The molecule has 0 fully saturated rings. The number of rotatable bonds is 7. The maximum Gasteiger partial charge on any atom is 0.259 e. The Bertz CT molecular complexity index is 1060. The zero-order valence-corrected chi connectivity index (χ0v) is 16.3. The molecule has 0 radical (unpaired) electrons. The Labute approximate surface area is 169 Å². The van der Waals surface area contributed by atoms with E-state index in [0.29, 0.717) is 17.9 Å². The minimum Gasteiger partial charge on any atom is -0.497 e. The lowest BCUT2D eigenvalue weighted by molar-refractivity contribution is -0.120. The molecule has 3 aromatic rings. The molecule has 1 aliphatic heterocycles. The summed E-state index contributed by atoms with van der Waals surface area (Å²) in [7, 11) is 1.61. The van der Waals surface area contributed by atoms with Crippen molar-refractivity contribution in [3.8, 4) is 11.5 Å². The Balaban J connectivity index is 1.36. The van der Waals surface area contributed by atoms with E-state index in [0.717, 1.165) is 22.2 Å². The monoisotopic (exact) mass is 390 g/mol. The number of nitrogens with one attached hydrogen (secondary N) is 1. The highest BCUT2D eigenvalue weighted by Crippen LogP contribution is 2.36. The maximum absolute atomic E-state index is 12.8. The van der Waals surface area contributed by atoms with Gasteiger partial charge in [-0.05, 0) is 48.7 Å². The Morgan fingerprint density at radius 2 is 1.72 bits per heavy atom. The van der Waals surface area contributed by atoms with Crippen LogP contribution in [-0.4, -0.2) is 38.1 Å². The third kappa shape index (κ3) is 3.74. The number of carbonyl (C=O) groups excluding carboxylic acids is 2. The average Bonchev–Trinajstić information content (AvgIpc) is 3.00. The van der Waals surface area contributed by atoms with E-state index in [1.54, 1.807) is 13.2 Å². The van der Waals surface area contributed by atoms with E-state index < -0.39 is 0 Å². The van der Waals surface area contributed by atoms with E-state index >= 15 is 0 Å². The lowest BCUT2D eigenvalue weighted by atomic mass is 10.1. The third-order valence-corrected chi connectivity index (χ3v) is 4.92. The Hall–Kier alpha value is -3.54. The van der Waals surface area contributed by atoms with Crippen molar-refractivity contribution in [3.63, 3.8) is 0 Å². The van der Waals surface area contributed by atoms with Gasteiger partial charge in [-0.15, -0.1) is 0 Å². The van der Waals surface area contributed by atoms with Gasteiger partial charge in [0.05, 0.1) is 18.8 Å². The molecule has 1 N–H and O–H groups in total. The molecular formula is C23H22N2O4. The van der Waals surface area contributed by atoms with E-state index in [2.05, 4.69) is 5.32 Å². The van der Waals surface area contributed by atoms with Crippen LogP contribution in [0.5, 0.6) is 11.5 Å². The molecule has 2 amide bonds. The quantitative estimate of drug-likeness (QED) is 0.672. The summed E-state index contributed by atoms with van der Waals surface area (Å²) in [6.07, 6.45) is 0. The zero-order valence-electron chi connectivity index (χ0n) is 16.3. The van der Waals surface area contributed by atoms with E-state index in [9.17, 15) is 9.59 Å². The highest BCUT2D eigenvalue weighted by Gasteiger charge is 2.31. The summed E-state index contributed by atoms with van der Waals surface area (Å²) in [4.78, 5) is 26.8. The number of carbonyl (C=O) groups is 2. The molecule has 3 aromatic carbocycles. The second-order valence-electron chi connectivity index (χ2n) is 7.03. The van der Waals surface area contributed by atoms with Crippen molar-refractivity contribution in [1.82, 2.24) is 5.32 Å². The fourth-order valence-corrected chi connectivity index (χ4v) is 3.54. The van der Waals surface area contributed by atoms with Crippen molar-refractivity contribution in [3.05, 3.63) is 66.2 Å². The average molecular weight is 390 g/mol. The molecule has 148 valence electrons. The molecule has 4 rings (SSSR count). The predicted molar refractivity (Wildman–Crippen MR) is 112 cm³/mol. The molecule has 0 bridgehead atoms. The van der Waals surface area contributed by atoms with Crippen molar-refractivity contribution in [2.45, 2.75) is 13.0 Å². The van der Waals surface area contributed by atoms with Crippen molar-refractivity contribution >= 4 is 28.3 Å². The minimum absolute atomic E-state index is 0.0283. The molecule has 0 saturated heterocycles. The van der Waals surface area contributed by atoms with Crippen LogP contribution in [0.25, 0.3) is 10.8 Å². The van der Waals surface area contributed by atoms with E-state index in [-0.39, 0.29) is 24.4 Å². The number of amides is 2. The number of ether oxygens (including phenoxy) is 2. The molecule has 6 heteroatoms. The summed E-state index contributed by atoms with van der Waals surface area (Å²) in [6, 6.07) is 18.4. The van der Waals surface area contributed by atoms with E-state index in [1.165, 1.54) is 4.90 Å². The second kappa shape index (κ2) is 7.83. The smallest absolute Gasteiger partial charge is 0.259 e. The van der Waals surface area contributed by atoms with Crippen LogP contribution in [0.4, 0.5) is 5.69 Å². The van der Waals surface area contributed by atoms with Crippen LogP contribution < -0.4 is 19.7 Å². The maximum atomic E-state index is 12.8. The van der Waals surface area contributed by atoms with Crippen molar-refractivity contribution in [2.24, 2.45) is 0 Å². The van der Waals surface area contributed by atoms with Gasteiger partial charge in [0.2, 0.25) is 5.91 Å². The van der Waals surface area contributed by atoms with Gasteiger partial charge < -0.3 is 14.8 Å². The topological polar surface area (TPSA) is 67.9 Å². The first kappa shape index (κ1) is 18.8. The van der Waals surface area contributed by atoms with Gasteiger partial charge in [0.1, 0.15) is 24.7 Å². The summed E-state index contributed by atoms with van der Waals surface area (Å²) in [5.41, 5.74) is 1.42. The van der Waals surface area contributed by atoms with Crippen LogP contribution >= 0.6 is 0 Å². The van der Waals surface area contributed by atoms with E-state index in [4.69, 9.17) is 9.47 Å². The fourth-order valence-electron chi connectivity index (χ4n) is 3.54. The number of hydrogen-bond acceptors (Lipinski definition) is 4. The van der Waals surface area contributed by atoms with Crippen LogP contribution in [0.1, 0.15) is 17.3 Å². The molecular weight excluding hydrogens is 368 g/mol. The number of hydrogen-bond donors (Lipinski definition) is 1. The van der Waals surface area contributed by atoms with Gasteiger partial charge in [-0.2, -0.15) is 0 Å². The highest BCUT2D eigenvalue weighted by molar-refractivity contribution is 6.26. The molecule has 1 heterocycles. The molecule has 0 spiro atoms. The summed E-state index contributed by atoms with van der Waals surface area (Å²) in [5, 5.41) is 4.80. The van der Waals surface area contributed by atoms with Crippen LogP contribution in [0, 0.1) is 0 Å². The predicted octanol–water partition coefficient (Wildman–Crippen LogP) is 3.39. The van der Waals surface area contributed by atoms with Gasteiger partial charge in [0.25, 0.3) is 5.91 Å². The first-order valence-corrected chi connectivity index (χ1v) is 9.46. The van der Waals surface area contributed by atoms with Gasteiger partial charge in [-0.25, -0.2) is 0 Å². The Morgan fingerprint density at radius 1 is 1.03 bits per heavy atom. The lowest BCUT2D eigenvalue weighted by Crippen LogP contribution is -2.44. The summed E-state index contributed by atoms with van der Waals surface area (Å²) < 4.78 is 10.8. The van der Waals surface area contributed by atoms with Gasteiger partial charge in [0, 0.05) is 10.9 Å². The van der Waals surface area contributed by atoms with Crippen molar-refractivity contribution in [1.29, 1.82) is 0 Å². The Kier molecular flexibility index (Phi) is 5.08. The second-order valence-corrected chi connectivity index (χ2v) is 7.03. The minimum atomic E-state index is -0.228. The molecule has 0 unspecified atom stereocenters. The van der Waals surface area contributed by atoms with Gasteiger partial charge in [-0.1, -0.05) is 24.3 Å². The Morgan fingerprint density at radius 3 is 2.45 bits per heavy atom. The van der Waals surface area contributed by atoms with Crippen LogP contribution in [0.2, 0.25) is 0 Å². The lowest BCUT2D eigenvalue weighted by Gasteiger charge is -2.20. The molecule has 0 aliphatic carbocycles. The van der Waals surface area contributed by atoms with Crippen molar-refractivity contribution in [2.75, 3.05) is 25.2 Å². The number of methoxy groups -OCH3 is 1. The molecule has 29 heavy (non-hydrogen) atoms. The molecule has 1 aliphatic rings. The molecule has 0 saturated carbocycles. The zero-order chi connectivity index (χ0) is 20.4.